The molecular formula is C18H14N2O2S2. The maximum atomic E-state index is 11.5. The predicted octanol–water partition coefficient (Wildman–Crippen LogP) is 5.47. The van der Waals surface area contributed by atoms with Crippen LogP contribution in [0.4, 0.5) is 5.69 Å². The van der Waals surface area contributed by atoms with Crippen molar-refractivity contribution in [2.45, 2.75) is 23.5 Å². The molecule has 0 amide bonds. The zero-order valence-electron chi connectivity index (χ0n) is 13.1. The largest absolute Gasteiger partial charge is 0.480 e. The summed E-state index contributed by atoms with van der Waals surface area (Å²) in [6.07, 6.45) is 1.81. The Labute approximate surface area is 148 Å². The predicted molar refractivity (Wildman–Crippen MR) is 98.9 cm³/mol. The summed E-state index contributed by atoms with van der Waals surface area (Å²) in [5.41, 5.74) is 2.52. The lowest BCUT2D eigenvalue weighted by Gasteiger charge is -2.21. The molecule has 0 fully saturated rings. The van der Waals surface area contributed by atoms with Crippen molar-refractivity contribution in [1.82, 2.24) is 4.37 Å². The number of fused-ring (bicyclic) bond motifs is 1. The second kappa shape index (κ2) is 6.27. The van der Waals surface area contributed by atoms with Gasteiger partial charge in [0.05, 0.1) is 11.3 Å². The Morgan fingerprint density at radius 2 is 1.96 bits per heavy atom. The van der Waals surface area contributed by atoms with E-state index in [1.807, 2.05) is 30.5 Å². The lowest BCUT2D eigenvalue weighted by atomic mass is 10.0. The average molecular weight is 354 g/mol. The fourth-order valence-electron chi connectivity index (χ4n) is 2.30. The molecule has 1 heterocycles. The molecule has 0 aliphatic carbocycles. The summed E-state index contributed by atoms with van der Waals surface area (Å²) in [5, 5.41) is 10.5. The molecule has 0 aliphatic rings. The van der Waals surface area contributed by atoms with Crippen molar-refractivity contribution in [2.75, 3.05) is 0 Å². The van der Waals surface area contributed by atoms with Crippen LogP contribution in [0.1, 0.15) is 13.8 Å². The van der Waals surface area contributed by atoms with Crippen molar-refractivity contribution < 1.29 is 9.90 Å². The fourth-order valence-corrected chi connectivity index (χ4v) is 4.27. The number of hydrogen-bond acceptors (Lipinski definition) is 4. The maximum Gasteiger partial charge on any atom is 0.319 e. The quantitative estimate of drug-likeness (QED) is 0.499. The number of nitrogens with zero attached hydrogens (tertiary/aromatic N) is 2. The van der Waals surface area contributed by atoms with Gasteiger partial charge in [-0.2, -0.15) is 4.37 Å². The minimum Gasteiger partial charge on any atom is -0.480 e. The Hall–Kier alpha value is -2.36. The first kappa shape index (κ1) is 16.5. The summed E-state index contributed by atoms with van der Waals surface area (Å²) in [7, 11) is 0. The molecule has 0 bridgehead atoms. The third-order valence-corrected chi connectivity index (χ3v) is 5.73. The van der Waals surface area contributed by atoms with Gasteiger partial charge in [0, 0.05) is 22.0 Å². The zero-order valence-corrected chi connectivity index (χ0v) is 14.7. The molecule has 0 radical (unpaired) electrons. The van der Waals surface area contributed by atoms with Gasteiger partial charge in [0.15, 0.2) is 5.69 Å². The van der Waals surface area contributed by atoms with E-state index in [0.29, 0.717) is 5.69 Å². The Kier molecular flexibility index (Phi) is 4.31. The summed E-state index contributed by atoms with van der Waals surface area (Å²) in [5.74, 6) is -0.855. The Bertz CT molecular complexity index is 953. The van der Waals surface area contributed by atoms with E-state index in [4.69, 9.17) is 6.57 Å². The molecule has 1 N–H and O–H groups in total. The van der Waals surface area contributed by atoms with Crippen LogP contribution in [0.2, 0.25) is 0 Å². The Balaban J connectivity index is 2.19. The van der Waals surface area contributed by atoms with Crippen LogP contribution >= 0.6 is 23.3 Å². The van der Waals surface area contributed by atoms with E-state index in [2.05, 4.69) is 9.22 Å². The van der Waals surface area contributed by atoms with E-state index in [9.17, 15) is 9.90 Å². The van der Waals surface area contributed by atoms with E-state index < -0.39 is 10.7 Å². The highest BCUT2D eigenvalue weighted by Gasteiger charge is 2.30. The molecule has 0 spiro atoms. The molecule has 6 heteroatoms. The Morgan fingerprint density at radius 3 is 2.58 bits per heavy atom. The standard InChI is InChI=1S/C18H14N2O2S2/c1-18(2,17(21)22)23-14-9-6-12-10-20-24-16(12)15(14)11-4-7-13(19-3)8-5-11/h4-10H,1-2H3,(H,21,22). The van der Waals surface area contributed by atoms with Crippen LogP contribution in [0.15, 0.2) is 47.5 Å². The highest BCUT2D eigenvalue weighted by atomic mass is 32.2. The van der Waals surface area contributed by atoms with E-state index in [-0.39, 0.29) is 0 Å². The number of carboxylic acid groups (broad SMARTS) is 1. The topological polar surface area (TPSA) is 54.5 Å². The fraction of sp³-hybridized carbons (Fsp3) is 0.167. The minimum absolute atomic E-state index is 0.579. The van der Waals surface area contributed by atoms with Gasteiger partial charge in [-0.3, -0.25) is 4.79 Å². The van der Waals surface area contributed by atoms with Crippen molar-refractivity contribution in [3.8, 4) is 11.1 Å². The molecule has 0 unspecified atom stereocenters. The first-order valence-electron chi connectivity index (χ1n) is 7.20. The van der Waals surface area contributed by atoms with Crippen molar-refractivity contribution >= 4 is 45.0 Å². The zero-order chi connectivity index (χ0) is 17.3. The van der Waals surface area contributed by atoms with Gasteiger partial charge in [-0.05, 0) is 37.0 Å². The van der Waals surface area contributed by atoms with Gasteiger partial charge in [0.1, 0.15) is 4.75 Å². The molecule has 120 valence electrons. The highest BCUT2D eigenvalue weighted by Crippen LogP contribution is 2.43. The molecule has 2 aromatic carbocycles. The monoisotopic (exact) mass is 354 g/mol. The lowest BCUT2D eigenvalue weighted by Crippen LogP contribution is -2.26. The molecule has 1 aromatic heterocycles. The number of hydrogen-bond donors (Lipinski definition) is 1. The number of aliphatic carboxylic acids is 1. The van der Waals surface area contributed by atoms with Gasteiger partial charge in [-0.15, -0.1) is 11.8 Å². The molecule has 4 nitrogen and oxygen atoms in total. The average Bonchev–Trinajstić information content (AvgIpc) is 3.03. The minimum atomic E-state index is -0.941. The molecule has 3 aromatic rings. The van der Waals surface area contributed by atoms with E-state index in [1.54, 1.807) is 26.0 Å². The summed E-state index contributed by atoms with van der Waals surface area (Å²) >= 11 is 2.72. The molecule has 0 saturated carbocycles. The van der Waals surface area contributed by atoms with Gasteiger partial charge in [0.2, 0.25) is 0 Å². The van der Waals surface area contributed by atoms with Crippen LogP contribution in [0, 0.1) is 6.57 Å². The summed E-state index contributed by atoms with van der Waals surface area (Å²) in [6.45, 7) is 10.5. The van der Waals surface area contributed by atoms with Gasteiger partial charge in [-0.1, -0.05) is 30.3 Å². The highest BCUT2D eigenvalue weighted by molar-refractivity contribution is 8.01. The number of aromatic nitrogens is 1. The van der Waals surface area contributed by atoms with E-state index >= 15 is 0 Å². The number of thioether (sulfide) groups is 1. The Morgan fingerprint density at radius 1 is 1.25 bits per heavy atom. The third kappa shape index (κ3) is 3.01. The van der Waals surface area contributed by atoms with Crippen LogP contribution in [0.3, 0.4) is 0 Å². The normalized spacial score (nSPS) is 11.4. The summed E-state index contributed by atoms with van der Waals surface area (Å²) < 4.78 is 4.35. The van der Waals surface area contributed by atoms with Gasteiger partial charge >= 0.3 is 5.97 Å². The molecule has 0 atom stereocenters. The molecule has 24 heavy (non-hydrogen) atoms. The summed E-state index contributed by atoms with van der Waals surface area (Å²) in [4.78, 5) is 15.8. The second-order valence-corrected chi connectivity index (χ2v) is 8.23. The second-order valence-electron chi connectivity index (χ2n) is 5.76. The van der Waals surface area contributed by atoms with Crippen LogP contribution in [-0.2, 0) is 4.79 Å². The number of rotatable bonds is 4. The van der Waals surface area contributed by atoms with Gasteiger partial charge in [0.25, 0.3) is 0 Å². The molecule has 3 rings (SSSR count). The van der Waals surface area contributed by atoms with E-state index in [1.165, 1.54) is 23.3 Å². The molecule has 0 aliphatic heterocycles. The molecule has 0 saturated heterocycles. The number of carbonyl (C=O) groups is 1. The van der Waals surface area contributed by atoms with Crippen LogP contribution in [0.5, 0.6) is 0 Å². The van der Waals surface area contributed by atoms with Gasteiger partial charge in [-0.25, -0.2) is 4.85 Å². The van der Waals surface area contributed by atoms with Crippen molar-refractivity contribution in [3.05, 3.63) is 54.0 Å². The van der Waals surface area contributed by atoms with Gasteiger partial charge < -0.3 is 5.11 Å². The first-order chi connectivity index (χ1) is 11.4. The van der Waals surface area contributed by atoms with Crippen molar-refractivity contribution in [3.63, 3.8) is 0 Å². The van der Waals surface area contributed by atoms with Crippen LogP contribution < -0.4 is 0 Å². The van der Waals surface area contributed by atoms with Crippen LogP contribution in [-0.4, -0.2) is 20.2 Å². The van der Waals surface area contributed by atoms with E-state index in [0.717, 1.165) is 26.1 Å². The number of carboxylic acids is 1. The first-order valence-corrected chi connectivity index (χ1v) is 8.79. The van der Waals surface area contributed by atoms with Crippen LogP contribution in [0.25, 0.3) is 26.1 Å². The SMILES string of the molecule is [C-]#[N+]c1ccc(-c2c(SC(C)(C)C(=O)O)ccc3cnsc23)cc1. The summed E-state index contributed by atoms with van der Waals surface area (Å²) in [6, 6.07) is 11.3. The van der Waals surface area contributed by atoms with Crippen molar-refractivity contribution in [2.24, 2.45) is 0 Å². The smallest absolute Gasteiger partial charge is 0.319 e. The maximum absolute atomic E-state index is 11.5. The lowest BCUT2D eigenvalue weighted by molar-refractivity contribution is -0.138. The molecular weight excluding hydrogens is 340 g/mol. The van der Waals surface area contributed by atoms with Crippen molar-refractivity contribution in [1.29, 1.82) is 0 Å². The third-order valence-electron chi connectivity index (χ3n) is 3.65. The number of benzene rings is 2.